The summed E-state index contributed by atoms with van der Waals surface area (Å²) in [5.74, 6) is 1.79. The van der Waals surface area contributed by atoms with Gasteiger partial charge in [0.25, 0.3) is 0 Å². The van der Waals surface area contributed by atoms with Crippen LogP contribution in [0.15, 0.2) is 0 Å². The molecule has 0 aliphatic heterocycles. The minimum atomic E-state index is 0.229. The van der Waals surface area contributed by atoms with Crippen molar-refractivity contribution >= 4 is 17.5 Å². The highest BCUT2D eigenvalue weighted by Gasteiger charge is 1.96. The van der Waals surface area contributed by atoms with Gasteiger partial charge in [-0.15, -0.1) is 0 Å². The van der Waals surface area contributed by atoms with Crippen molar-refractivity contribution in [2.45, 2.75) is 19.8 Å². The maximum absolute atomic E-state index is 10.7. The molecule has 0 rings (SSSR count). The van der Waals surface area contributed by atoms with E-state index in [1.165, 1.54) is 0 Å². The first-order valence-electron chi connectivity index (χ1n) is 3.51. The highest BCUT2D eigenvalue weighted by Crippen LogP contribution is 2.02. The molecule has 0 aliphatic rings. The highest BCUT2D eigenvalue weighted by molar-refractivity contribution is 7.99. The smallest absolute Gasteiger partial charge is 0.142 e. The summed E-state index contributed by atoms with van der Waals surface area (Å²) in [6, 6.07) is 0. The zero-order valence-electron chi connectivity index (χ0n) is 6.30. The van der Waals surface area contributed by atoms with Crippen LogP contribution in [0.25, 0.3) is 0 Å². The summed E-state index contributed by atoms with van der Waals surface area (Å²) in [7, 11) is 0. The fourth-order valence-electron chi connectivity index (χ4n) is 0.455. The Labute approximate surface area is 66.0 Å². The standard InChI is InChI=1S/C7H14O2S/c1-2-7(9)6-10-5-3-4-8/h8H,2-6H2,1H3. The first-order chi connectivity index (χ1) is 4.81. The van der Waals surface area contributed by atoms with Gasteiger partial charge in [0.1, 0.15) is 5.78 Å². The normalized spacial score (nSPS) is 9.80. The third kappa shape index (κ3) is 6.11. The molecule has 0 aromatic carbocycles. The second kappa shape index (κ2) is 7.09. The SMILES string of the molecule is CCC(=O)CSCCCO. The van der Waals surface area contributed by atoms with Crippen LogP contribution in [-0.4, -0.2) is 29.0 Å². The van der Waals surface area contributed by atoms with E-state index in [0.29, 0.717) is 18.0 Å². The Balaban J connectivity index is 2.96. The van der Waals surface area contributed by atoms with Gasteiger partial charge in [0, 0.05) is 13.0 Å². The molecule has 0 amide bonds. The van der Waals surface area contributed by atoms with E-state index in [9.17, 15) is 4.79 Å². The molecule has 0 aliphatic carbocycles. The van der Waals surface area contributed by atoms with Crippen LogP contribution in [0.4, 0.5) is 0 Å². The average Bonchev–Trinajstić information content (AvgIpc) is 1.98. The molecule has 0 aromatic rings. The molecule has 0 radical (unpaired) electrons. The minimum Gasteiger partial charge on any atom is -0.396 e. The van der Waals surface area contributed by atoms with Crippen LogP contribution in [0.5, 0.6) is 0 Å². The first kappa shape index (κ1) is 9.98. The molecule has 1 N–H and O–H groups in total. The number of aliphatic hydroxyl groups excluding tert-OH is 1. The van der Waals surface area contributed by atoms with Gasteiger partial charge in [-0.05, 0) is 12.2 Å². The lowest BCUT2D eigenvalue weighted by molar-refractivity contribution is -0.116. The highest BCUT2D eigenvalue weighted by atomic mass is 32.2. The van der Waals surface area contributed by atoms with Gasteiger partial charge in [-0.25, -0.2) is 0 Å². The number of hydrogen-bond acceptors (Lipinski definition) is 3. The van der Waals surface area contributed by atoms with E-state index in [-0.39, 0.29) is 6.61 Å². The lowest BCUT2D eigenvalue weighted by atomic mass is 10.4. The molecule has 0 spiro atoms. The number of rotatable bonds is 6. The van der Waals surface area contributed by atoms with Gasteiger partial charge in [0.05, 0.1) is 5.75 Å². The zero-order valence-corrected chi connectivity index (χ0v) is 7.12. The van der Waals surface area contributed by atoms with Crippen molar-refractivity contribution in [2.75, 3.05) is 18.1 Å². The molecule has 0 saturated heterocycles. The van der Waals surface area contributed by atoms with E-state index in [1.54, 1.807) is 11.8 Å². The lowest BCUT2D eigenvalue weighted by Gasteiger charge is -1.96. The fraction of sp³-hybridized carbons (Fsp3) is 0.857. The van der Waals surface area contributed by atoms with Gasteiger partial charge in [-0.3, -0.25) is 4.79 Å². The Morgan fingerprint density at radius 2 is 2.30 bits per heavy atom. The molecule has 0 saturated carbocycles. The van der Waals surface area contributed by atoms with E-state index in [0.717, 1.165) is 12.2 Å². The van der Waals surface area contributed by atoms with Crippen molar-refractivity contribution in [3.8, 4) is 0 Å². The summed E-state index contributed by atoms with van der Waals surface area (Å²) < 4.78 is 0. The lowest BCUT2D eigenvalue weighted by Crippen LogP contribution is -1.99. The van der Waals surface area contributed by atoms with E-state index < -0.39 is 0 Å². The number of hydrogen-bond donors (Lipinski definition) is 1. The molecule has 3 heteroatoms. The van der Waals surface area contributed by atoms with Crippen LogP contribution < -0.4 is 0 Å². The Morgan fingerprint density at radius 1 is 1.60 bits per heavy atom. The molecule has 0 aromatic heterocycles. The van der Waals surface area contributed by atoms with E-state index in [4.69, 9.17) is 5.11 Å². The Hall–Kier alpha value is -0.0200. The monoisotopic (exact) mass is 162 g/mol. The number of carbonyl (C=O) groups excluding carboxylic acids is 1. The molecular weight excluding hydrogens is 148 g/mol. The van der Waals surface area contributed by atoms with Gasteiger partial charge in [-0.2, -0.15) is 11.8 Å². The Bertz CT molecular complexity index is 93.6. The number of ketones is 1. The number of Topliss-reactive ketones (excluding diaryl/α,β-unsaturated/α-hetero) is 1. The average molecular weight is 162 g/mol. The van der Waals surface area contributed by atoms with Crippen LogP contribution in [0, 0.1) is 0 Å². The van der Waals surface area contributed by atoms with Crippen molar-refractivity contribution in [3.63, 3.8) is 0 Å². The predicted molar refractivity (Wildman–Crippen MR) is 44.3 cm³/mol. The molecule has 0 bridgehead atoms. The van der Waals surface area contributed by atoms with Crippen molar-refractivity contribution in [1.82, 2.24) is 0 Å². The van der Waals surface area contributed by atoms with Crippen LogP contribution in [0.3, 0.4) is 0 Å². The summed E-state index contributed by atoms with van der Waals surface area (Å²) >= 11 is 1.60. The van der Waals surface area contributed by atoms with E-state index in [2.05, 4.69) is 0 Å². The van der Waals surface area contributed by atoms with Gasteiger partial charge in [0.15, 0.2) is 0 Å². The number of carbonyl (C=O) groups is 1. The quantitative estimate of drug-likeness (QED) is 0.594. The first-order valence-corrected chi connectivity index (χ1v) is 4.67. The molecule has 0 atom stereocenters. The molecule has 0 fully saturated rings. The molecular formula is C7H14O2S. The van der Waals surface area contributed by atoms with E-state index >= 15 is 0 Å². The summed E-state index contributed by atoms with van der Waals surface area (Å²) in [4.78, 5) is 10.7. The molecule has 2 nitrogen and oxygen atoms in total. The van der Waals surface area contributed by atoms with Crippen LogP contribution >= 0.6 is 11.8 Å². The van der Waals surface area contributed by atoms with Gasteiger partial charge in [-0.1, -0.05) is 6.92 Å². The minimum absolute atomic E-state index is 0.229. The molecule has 0 unspecified atom stereocenters. The molecule has 10 heavy (non-hydrogen) atoms. The summed E-state index contributed by atoms with van der Waals surface area (Å²) in [5, 5.41) is 8.39. The topological polar surface area (TPSA) is 37.3 Å². The summed E-state index contributed by atoms with van der Waals surface area (Å²) in [5.41, 5.74) is 0. The van der Waals surface area contributed by atoms with Crippen LogP contribution in [0.2, 0.25) is 0 Å². The van der Waals surface area contributed by atoms with Crippen LogP contribution in [-0.2, 0) is 4.79 Å². The maximum Gasteiger partial charge on any atom is 0.142 e. The second-order valence-electron chi connectivity index (χ2n) is 2.02. The number of thioether (sulfide) groups is 1. The third-order valence-corrected chi connectivity index (χ3v) is 2.21. The summed E-state index contributed by atoms with van der Waals surface area (Å²) in [6.07, 6.45) is 1.42. The van der Waals surface area contributed by atoms with Crippen molar-refractivity contribution in [2.24, 2.45) is 0 Å². The predicted octanol–water partition coefficient (Wildman–Crippen LogP) is 1.08. The molecule has 0 heterocycles. The van der Waals surface area contributed by atoms with Crippen molar-refractivity contribution in [1.29, 1.82) is 0 Å². The zero-order chi connectivity index (χ0) is 7.82. The van der Waals surface area contributed by atoms with Gasteiger partial charge in [0.2, 0.25) is 0 Å². The van der Waals surface area contributed by atoms with E-state index in [1.807, 2.05) is 6.92 Å². The van der Waals surface area contributed by atoms with Crippen molar-refractivity contribution in [3.05, 3.63) is 0 Å². The van der Waals surface area contributed by atoms with Gasteiger partial charge >= 0.3 is 0 Å². The van der Waals surface area contributed by atoms with Gasteiger partial charge < -0.3 is 5.11 Å². The molecule has 60 valence electrons. The second-order valence-corrected chi connectivity index (χ2v) is 3.13. The summed E-state index contributed by atoms with van der Waals surface area (Å²) in [6.45, 7) is 2.10. The Kier molecular flexibility index (Phi) is 7.08. The largest absolute Gasteiger partial charge is 0.396 e. The Morgan fingerprint density at radius 3 is 2.80 bits per heavy atom. The maximum atomic E-state index is 10.7. The van der Waals surface area contributed by atoms with Crippen LogP contribution in [0.1, 0.15) is 19.8 Å². The number of aliphatic hydroxyl groups is 1. The van der Waals surface area contributed by atoms with Crippen molar-refractivity contribution < 1.29 is 9.90 Å². The third-order valence-electron chi connectivity index (χ3n) is 1.10. The fourth-order valence-corrected chi connectivity index (χ4v) is 1.36.